The van der Waals surface area contributed by atoms with Crippen LogP contribution in [-0.4, -0.2) is 19.5 Å². The van der Waals surface area contributed by atoms with Gasteiger partial charge < -0.3 is 0 Å². The first-order valence-electron chi connectivity index (χ1n) is 3.85. The topological polar surface area (TPSA) is 20.2 Å². The van der Waals surface area contributed by atoms with Crippen LogP contribution in [0.5, 0.6) is 0 Å². The second kappa shape index (κ2) is 3.72. The quantitative estimate of drug-likeness (QED) is 0.582. The Balaban J connectivity index is 2.87. The first-order valence-corrected chi connectivity index (χ1v) is 5.92. The zero-order valence-corrected chi connectivity index (χ0v) is 9.37. The Bertz CT molecular complexity index is 437. The van der Waals surface area contributed by atoms with Crippen LogP contribution < -0.4 is 4.46 Å². The fourth-order valence-electron chi connectivity index (χ4n) is 1.36. The van der Waals surface area contributed by atoms with Gasteiger partial charge in [0.25, 0.3) is 0 Å². The summed E-state index contributed by atoms with van der Waals surface area (Å²) in [5.41, 5.74) is 0. The molecule has 2 rings (SSSR count). The third-order valence-electron chi connectivity index (χ3n) is 1.94. The van der Waals surface area contributed by atoms with Crippen LogP contribution in [0.25, 0.3) is 10.8 Å². The SMILES string of the molecule is O[Se]c1cccc2cccc(S)c12. The van der Waals surface area contributed by atoms with Crippen LogP contribution in [-0.2, 0) is 0 Å². The maximum absolute atomic E-state index is 9.19. The molecule has 3 heteroatoms. The summed E-state index contributed by atoms with van der Waals surface area (Å²) < 4.78 is 10.2. The van der Waals surface area contributed by atoms with Crippen molar-refractivity contribution in [2.24, 2.45) is 0 Å². The van der Waals surface area contributed by atoms with Crippen LogP contribution in [0.4, 0.5) is 0 Å². The summed E-state index contributed by atoms with van der Waals surface area (Å²) in [5, 5.41) is 2.22. The molecule has 0 heterocycles. The van der Waals surface area contributed by atoms with Gasteiger partial charge in [-0.1, -0.05) is 0 Å². The monoisotopic (exact) mass is 256 g/mol. The molecule has 0 saturated heterocycles. The summed E-state index contributed by atoms with van der Waals surface area (Å²) in [6, 6.07) is 11.9. The van der Waals surface area contributed by atoms with E-state index < -0.39 is 15.3 Å². The van der Waals surface area contributed by atoms with Gasteiger partial charge in [0.05, 0.1) is 0 Å². The predicted octanol–water partition coefficient (Wildman–Crippen LogP) is 1.37. The molecule has 0 aliphatic heterocycles. The zero-order chi connectivity index (χ0) is 9.26. The molecule has 13 heavy (non-hydrogen) atoms. The Labute approximate surface area is 88.7 Å². The van der Waals surface area contributed by atoms with E-state index in [1.54, 1.807) is 0 Å². The molecule has 0 atom stereocenters. The molecule has 1 N–H and O–H groups in total. The molecule has 0 aliphatic carbocycles. The van der Waals surface area contributed by atoms with E-state index in [0.717, 1.165) is 20.1 Å². The number of hydrogen-bond donors (Lipinski definition) is 2. The Morgan fingerprint density at radius 1 is 1.08 bits per heavy atom. The third kappa shape index (κ3) is 1.61. The van der Waals surface area contributed by atoms with E-state index >= 15 is 0 Å². The van der Waals surface area contributed by atoms with E-state index in [1.165, 1.54) is 0 Å². The van der Waals surface area contributed by atoms with Gasteiger partial charge >= 0.3 is 88.6 Å². The number of rotatable bonds is 1. The fraction of sp³-hybridized carbons (Fsp3) is 0. The standard InChI is InChI=1S/C10H8OSSe/c11-13-9-6-2-4-7-3-1-5-8(12)10(7)9/h1-6,11-12H. The maximum atomic E-state index is 9.19. The van der Waals surface area contributed by atoms with Gasteiger partial charge in [0.15, 0.2) is 0 Å². The molecular formula is C10H8OSSe. The molecular weight excluding hydrogens is 247 g/mol. The first-order chi connectivity index (χ1) is 6.33. The van der Waals surface area contributed by atoms with Gasteiger partial charge in [-0.3, -0.25) is 0 Å². The van der Waals surface area contributed by atoms with Gasteiger partial charge in [-0.15, -0.1) is 0 Å². The van der Waals surface area contributed by atoms with Crippen molar-refractivity contribution in [1.29, 1.82) is 0 Å². The van der Waals surface area contributed by atoms with Crippen LogP contribution in [0.3, 0.4) is 0 Å². The summed E-state index contributed by atoms with van der Waals surface area (Å²) in [6.07, 6.45) is 0. The van der Waals surface area contributed by atoms with Crippen molar-refractivity contribution in [3.63, 3.8) is 0 Å². The van der Waals surface area contributed by atoms with Crippen LogP contribution >= 0.6 is 12.6 Å². The van der Waals surface area contributed by atoms with Crippen LogP contribution in [0.2, 0.25) is 0 Å². The number of thiol groups is 1. The molecule has 0 unspecified atom stereocenters. The number of benzene rings is 2. The zero-order valence-electron chi connectivity index (χ0n) is 6.77. The molecule has 0 spiro atoms. The molecule has 0 radical (unpaired) electrons. The Kier molecular flexibility index (Phi) is 2.61. The number of fused-ring (bicyclic) bond motifs is 1. The molecule has 0 aliphatic rings. The van der Waals surface area contributed by atoms with E-state index in [9.17, 15) is 4.19 Å². The summed E-state index contributed by atoms with van der Waals surface area (Å²) in [4.78, 5) is 0.934. The van der Waals surface area contributed by atoms with Crippen molar-refractivity contribution in [1.82, 2.24) is 0 Å². The third-order valence-corrected chi connectivity index (χ3v) is 3.44. The van der Waals surface area contributed by atoms with E-state index in [1.807, 2.05) is 36.4 Å². The van der Waals surface area contributed by atoms with Crippen molar-refractivity contribution in [2.45, 2.75) is 4.90 Å². The molecule has 1 nitrogen and oxygen atoms in total. The summed E-state index contributed by atoms with van der Waals surface area (Å²) in [5.74, 6) is 0. The minimum absolute atomic E-state index is 0.460. The normalized spacial score (nSPS) is 10.6. The molecule has 2 aromatic rings. The summed E-state index contributed by atoms with van der Waals surface area (Å²) in [6.45, 7) is 0. The van der Waals surface area contributed by atoms with Gasteiger partial charge in [0.2, 0.25) is 0 Å². The van der Waals surface area contributed by atoms with E-state index in [4.69, 9.17) is 0 Å². The fourth-order valence-corrected chi connectivity index (χ4v) is 2.83. The van der Waals surface area contributed by atoms with Gasteiger partial charge in [-0.2, -0.15) is 0 Å². The average Bonchev–Trinajstić information content (AvgIpc) is 2.17. The molecule has 0 saturated carbocycles. The molecule has 0 fully saturated rings. The molecule has 2 aromatic carbocycles. The molecule has 0 aromatic heterocycles. The summed E-state index contributed by atoms with van der Waals surface area (Å²) in [7, 11) is 0. The van der Waals surface area contributed by atoms with Crippen LogP contribution in [0.1, 0.15) is 0 Å². The Hall–Kier alpha value is -0.471. The van der Waals surface area contributed by atoms with Crippen LogP contribution in [0.15, 0.2) is 41.3 Å². The predicted molar refractivity (Wildman–Crippen MR) is 58.8 cm³/mol. The van der Waals surface area contributed by atoms with Gasteiger partial charge in [-0.05, 0) is 0 Å². The molecule has 66 valence electrons. The van der Waals surface area contributed by atoms with Crippen molar-refractivity contribution in [3.8, 4) is 0 Å². The van der Waals surface area contributed by atoms with Crippen molar-refractivity contribution in [3.05, 3.63) is 36.4 Å². The molecule has 0 bridgehead atoms. The van der Waals surface area contributed by atoms with Gasteiger partial charge in [0, 0.05) is 0 Å². The molecule has 0 amide bonds. The average molecular weight is 255 g/mol. The summed E-state index contributed by atoms with van der Waals surface area (Å²) >= 11 is 3.91. The van der Waals surface area contributed by atoms with E-state index in [2.05, 4.69) is 12.6 Å². The van der Waals surface area contributed by atoms with Crippen molar-refractivity contribution >= 4 is 43.1 Å². The van der Waals surface area contributed by atoms with Crippen LogP contribution in [0, 0.1) is 0 Å². The van der Waals surface area contributed by atoms with E-state index in [0.29, 0.717) is 0 Å². The second-order valence-corrected chi connectivity index (χ2v) is 4.51. The van der Waals surface area contributed by atoms with E-state index in [-0.39, 0.29) is 0 Å². The minimum atomic E-state index is -0.460. The number of hydrogen-bond acceptors (Lipinski definition) is 2. The van der Waals surface area contributed by atoms with Gasteiger partial charge in [-0.25, -0.2) is 0 Å². The van der Waals surface area contributed by atoms with Crippen molar-refractivity contribution < 1.29 is 4.19 Å². The first kappa shape index (κ1) is 9.10. The van der Waals surface area contributed by atoms with Crippen molar-refractivity contribution in [2.75, 3.05) is 0 Å². The Morgan fingerprint density at radius 2 is 1.77 bits per heavy atom. The van der Waals surface area contributed by atoms with Gasteiger partial charge in [0.1, 0.15) is 0 Å². The Morgan fingerprint density at radius 3 is 2.46 bits per heavy atom. The second-order valence-electron chi connectivity index (χ2n) is 2.72.